The van der Waals surface area contributed by atoms with Crippen molar-refractivity contribution in [1.29, 1.82) is 0 Å². The summed E-state index contributed by atoms with van der Waals surface area (Å²) in [6, 6.07) is 0. The normalized spacial score (nSPS) is 25.8. The first-order chi connectivity index (χ1) is 15.2. The Labute approximate surface area is 183 Å². The Bertz CT molecular complexity index is 1230. The van der Waals surface area contributed by atoms with Crippen LogP contribution in [0.3, 0.4) is 0 Å². The fourth-order valence-electron chi connectivity index (χ4n) is 2.92. The topological polar surface area (TPSA) is 298 Å². The molecule has 2 aromatic rings. The van der Waals surface area contributed by atoms with Crippen molar-refractivity contribution in [2.24, 2.45) is 5.11 Å². The largest absolute Gasteiger partial charge is 0.476 e. The van der Waals surface area contributed by atoms with Gasteiger partial charge in [-0.3, -0.25) is 13.7 Å². The molecule has 0 aromatic carbocycles. The third-order valence-corrected chi connectivity index (χ3v) is 9.72. The number of nitrogens with two attached hydrogens (primary N) is 1. The molecule has 0 spiro atoms. The zero-order valence-corrected chi connectivity index (χ0v) is 18.8. The molecule has 0 aliphatic carbocycles. The van der Waals surface area contributed by atoms with Gasteiger partial charge in [0.1, 0.15) is 24.2 Å². The number of nitrogen functional groups attached to an aromatic ring is 1. The van der Waals surface area contributed by atoms with Gasteiger partial charge in [0, 0.05) is 11.3 Å². The first-order valence-electron chi connectivity index (χ1n) is 8.62. The van der Waals surface area contributed by atoms with Crippen molar-refractivity contribution in [2.45, 2.75) is 30.4 Å². The quantitative estimate of drug-likeness (QED) is 0.109. The molecule has 182 valence electrons. The van der Waals surface area contributed by atoms with Crippen molar-refractivity contribution >= 4 is 40.0 Å². The first-order valence-corrected chi connectivity index (χ1v) is 13.4. The van der Waals surface area contributed by atoms with Crippen LogP contribution in [0.4, 0.5) is 5.82 Å². The first kappa shape index (κ1) is 25.6. The molecule has 0 bridgehead atoms. The summed E-state index contributed by atoms with van der Waals surface area (Å²) in [4.78, 5) is 51.1. The number of azide groups is 1. The molecular weight excluding hydrogens is 513 g/mol. The van der Waals surface area contributed by atoms with Crippen molar-refractivity contribution in [3.05, 3.63) is 23.1 Å². The second-order valence-corrected chi connectivity index (χ2v) is 12.1. The number of phosphoric acid groups is 1. The van der Waals surface area contributed by atoms with E-state index in [1.165, 1.54) is 17.2 Å². The van der Waals surface area contributed by atoms with Gasteiger partial charge in [0.25, 0.3) is 0 Å². The van der Waals surface area contributed by atoms with Gasteiger partial charge >= 0.3 is 23.0 Å². The minimum Gasteiger partial charge on any atom is -0.390 e. The molecule has 1 aliphatic heterocycles. The highest BCUT2D eigenvalue weighted by molar-refractivity contribution is 7.75. The van der Waals surface area contributed by atoms with Crippen LogP contribution in [0.1, 0.15) is 12.6 Å². The molecule has 19 nitrogen and oxygen atoms in total. The molecule has 0 amide bonds. The van der Waals surface area contributed by atoms with E-state index in [1.807, 2.05) is 0 Å². The number of anilines is 1. The van der Waals surface area contributed by atoms with E-state index < -0.39 is 53.6 Å². The zero-order valence-electron chi connectivity index (χ0n) is 16.1. The highest BCUT2D eigenvalue weighted by Crippen LogP contribution is 2.70. The lowest BCUT2D eigenvalue weighted by Gasteiger charge is -2.24. The maximum absolute atomic E-state index is 12.4. The minimum absolute atomic E-state index is 0.0429. The molecule has 1 aliphatic rings. The third-order valence-electron chi connectivity index (χ3n) is 4.29. The number of fused-ring (bicyclic) bond motifs is 1. The van der Waals surface area contributed by atoms with Crippen LogP contribution in [0.25, 0.3) is 21.6 Å². The van der Waals surface area contributed by atoms with Crippen molar-refractivity contribution in [3.63, 3.8) is 0 Å². The average Bonchev–Trinajstić information content (AvgIpc) is 3.26. The number of nitrogens with zero attached hydrogens (tertiary/aromatic N) is 7. The minimum atomic E-state index is -5.69. The van der Waals surface area contributed by atoms with E-state index >= 15 is 0 Å². The number of ether oxygens (including phenoxy) is 1. The predicted octanol–water partition coefficient (Wildman–Crippen LogP) is 0.147. The van der Waals surface area contributed by atoms with E-state index in [-0.39, 0.29) is 23.4 Å². The van der Waals surface area contributed by atoms with E-state index in [0.717, 1.165) is 0 Å². The molecule has 3 rings (SSSR count). The smallest absolute Gasteiger partial charge is 0.390 e. The molecule has 2 aromatic heterocycles. The summed E-state index contributed by atoms with van der Waals surface area (Å²) in [5.41, 5.74) is 11.9. The number of aliphatic hydroxyl groups excluding tert-OH is 1. The number of hydrogen-bond acceptors (Lipinski definition) is 12. The van der Waals surface area contributed by atoms with E-state index in [4.69, 9.17) is 30.3 Å². The molecule has 7 N–H and O–H groups in total. The van der Waals surface area contributed by atoms with Gasteiger partial charge in [-0.25, -0.2) is 23.8 Å². The molecule has 0 saturated carbocycles. The van der Waals surface area contributed by atoms with Crippen LogP contribution in [0.2, 0.25) is 0 Å². The van der Waals surface area contributed by atoms with E-state index in [9.17, 15) is 28.6 Å². The van der Waals surface area contributed by atoms with Crippen molar-refractivity contribution < 1.29 is 51.9 Å². The molecule has 22 heteroatoms. The molecule has 3 unspecified atom stereocenters. The van der Waals surface area contributed by atoms with Gasteiger partial charge < -0.3 is 39.7 Å². The standard InChI is InChI=1S/C11H17N8O11P3/c12-9-8-10(15-3-14-9)19(4-16-8)7-1-5(20)6(29-7)2-28-31(21,22)11(17-18-13)32(23,24)30-33(25,26)27/h3-7,11,20H,1-2H2,(H,21,22)(H,23,24)(H2,12,14,15)(H2,25,26,27)/t5-,6+,7+,11?/m0/s1. The second-order valence-electron chi connectivity index (χ2n) is 6.56. The Morgan fingerprint density at radius 3 is 2.61 bits per heavy atom. The lowest BCUT2D eigenvalue weighted by molar-refractivity contribution is -0.0397. The third kappa shape index (κ3) is 5.75. The Hall–Kier alpha value is -1.97. The summed E-state index contributed by atoms with van der Waals surface area (Å²) in [7, 11) is -16.7. The summed E-state index contributed by atoms with van der Waals surface area (Å²) >= 11 is 0. The maximum atomic E-state index is 12.4. The van der Waals surface area contributed by atoms with Crippen LogP contribution < -0.4 is 5.73 Å². The van der Waals surface area contributed by atoms with Crippen molar-refractivity contribution in [3.8, 4) is 0 Å². The molecule has 0 radical (unpaired) electrons. The summed E-state index contributed by atoms with van der Waals surface area (Å²) in [5, 5.41) is 12.9. The van der Waals surface area contributed by atoms with Gasteiger partial charge in [0.05, 0.1) is 19.0 Å². The van der Waals surface area contributed by atoms with Gasteiger partial charge in [-0.05, 0) is 5.53 Å². The predicted molar refractivity (Wildman–Crippen MR) is 106 cm³/mol. The molecule has 1 fully saturated rings. The molecule has 3 heterocycles. The summed E-state index contributed by atoms with van der Waals surface area (Å²) in [5.74, 6) is 0.105. The Kier molecular flexibility index (Phi) is 7.27. The van der Waals surface area contributed by atoms with Crippen molar-refractivity contribution in [1.82, 2.24) is 19.5 Å². The Morgan fingerprint density at radius 1 is 1.27 bits per heavy atom. The average molecular weight is 530 g/mol. The van der Waals surface area contributed by atoms with Crippen LogP contribution in [0.15, 0.2) is 17.8 Å². The highest BCUT2D eigenvalue weighted by Gasteiger charge is 2.51. The maximum Gasteiger partial charge on any atom is 0.476 e. The summed E-state index contributed by atoms with van der Waals surface area (Å²) in [6.45, 7) is -0.845. The van der Waals surface area contributed by atoms with Crippen LogP contribution in [0, 0.1) is 0 Å². The van der Waals surface area contributed by atoms with Gasteiger partial charge in [0.15, 0.2) is 11.5 Å². The van der Waals surface area contributed by atoms with Gasteiger partial charge in [-0.15, -0.1) is 0 Å². The Morgan fingerprint density at radius 2 is 1.97 bits per heavy atom. The van der Waals surface area contributed by atoms with Crippen LogP contribution >= 0.6 is 23.0 Å². The molecule has 6 atom stereocenters. The fraction of sp³-hybridized carbons (Fsp3) is 0.545. The monoisotopic (exact) mass is 530 g/mol. The SMILES string of the molecule is [N-]=[N+]=NC(P(=O)(O)OC[C@H]1O[C@@H](n2cnc3c(N)ncnc32)C[C@@H]1O)P(=O)(O)OP(=O)(O)O. The lowest BCUT2D eigenvalue weighted by Crippen LogP contribution is -2.27. The number of aliphatic hydroxyl groups is 1. The van der Waals surface area contributed by atoms with Crippen LogP contribution in [-0.2, 0) is 27.3 Å². The fourth-order valence-corrected chi connectivity index (χ4v) is 7.38. The van der Waals surface area contributed by atoms with E-state index in [1.54, 1.807) is 0 Å². The Balaban J connectivity index is 1.74. The van der Waals surface area contributed by atoms with Gasteiger partial charge in [0.2, 0.25) is 5.52 Å². The number of hydrogen-bond donors (Lipinski definition) is 6. The molecule has 1 saturated heterocycles. The van der Waals surface area contributed by atoms with E-state index in [0.29, 0.717) is 0 Å². The second kappa shape index (κ2) is 9.35. The zero-order chi connectivity index (χ0) is 24.6. The van der Waals surface area contributed by atoms with Crippen LogP contribution in [0.5, 0.6) is 0 Å². The molecular formula is C11H17N8O11P3. The van der Waals surface area contributed by atoms with E-state index in [2.05, 4.69) is 29.3 Å². The number of rotatable bonds is 9. The van der Waals surface area contributed by atoms with Gasteiger partial charge in [-0.2, -0.15) is 0 Å². The van der Waals surface area contributed by atoms with Crippen molar-refractivity contribution in [2.75, 3.05) is 12.3 Å². The summed E-state index contributed by atoms with van der Waals surface area (Å²) in [6.07, 6.45) is -0.894. The summed E-state index contributed by atoms with van der Waals surface area (Å²) < 4.78 is 50.7. The molecule has 33 heavy (non-hydrogen) atoms. The lowest BCUT2D eigenvalue weighted by atomic mass is 10.2. The van der Waals surface area contributed by atoms with Crippen LogP contribution in [-0.4, -0.2) is 68.5 Å². The highest BCUT2D eigenvalue weighted by atomic mass is 31.3. The van der Waals surface area contributed by atoms with Gasteiger partial charge in [-0.1, -0.05) is 5.11 Å². The number of aromatic nitrogens is 4. The number of imidazole rings is 1.